The Morgan fingerprint density at radius 1 is 1.23 bits per heavy atom. The number of hydrogen-bond donors (Lipinski definition) is 1. The number of ether oxygens (including phenoxy) is 1. The van der Waals surface area contributed by atoms with Gasteiger partial charge in [-0.2, -0.15) is 0 Å². The van der Waals surface area contributed by atoms with Gasteiger partial charge in [0.25, 0.3) is 0 Å². The third-order valence-corrected chi connectivity index (χ3v) is 2.43. The highest BCUT2D eigenvalue weighted by atomic mass is 16.5. The van der Waals surface area contributed by atoms with Crippen molar-refractivity contribution in [1.82, 2.24) is 0 Å². The van der Waals surface area contributed by atoms with Crippen LogP contribution in [0, 0.1) is 0 Å². The molecule has 2 N–H and O–H groups in total. The summed E-state index contributed by atoms with van der Waals surface area (Å²) >= 11 is 0. The third-order valence-electron chi connectivity index (χ3n) is 2.43. The Hall–Kier alpha value is -0.860. The van der Waals surface area contributed by atoms with Crippen molar-refractivity contribution in [2.24, 2.45) is 5.73 Å². The van der Waals surface area contributed by atoms with E-state index in [0.717, 1.165) is 5.56 Å². The number of hydrogen-bond acceptors (Lipinski definition) is 2. The van der Waals surface area contributed by atoms with E-state index in [2.05, 4.69) is 0 Å². The highest BCUT2D eigenvalue weighted by Crippen LogP contribution is 2.25. The zero-order chi connectivity index (χ0) is 9.90. The molecule has 0 spiro atoms. The summed E-state index contributed by atoms with van der Waals surface area (Å²) in [7, 11) is 1.68. The molecule has 0 aliphatic carbocycles. The molecule has 0 amide bonds. The highest BCUT2D eigenvalue weighted by molar-refractivity contribution is 5.20. The second-order valence-corrected chi connectivity index (χ2v) is 3.70. The van der Waals surface area contributed by atoms with E-state index < -0.39 is 0 Å². The fourth-order valence-electron chi connectivity index (χ4n) is 1.19. The molecule has 0 saturated carbocycles. The Morgan fingerprint density at radius 2 is 1.77 bits per heavy atom. The van der Waals surface area contributed by atoms with Crippen LogP contribution in [0.3, 0.4) is 0 Å². The van der Waals surface area contributed by atoms with E-state index in [1.807, 2.05) is 44.2 Å². The normalized spacial score (nSPS) is 14.2. The molecule has 72 valence electrons. The van der Waals surface area contributed by atoms with Crippen LogP contribution < -0.4 is 5.73 Å². The average molecular weight is 179 g/mol. The Balaban J connectivity index is 2.85. The van der Waals surface area contributed by atoms with Gasteiger partial charge in [0.2, 0.25) is 0 Å². The predicted octanol–water partition coefficient (Wildman–Crippen LogP) is 2.11. The highest BCUT2D eigenvalue weighted by Gasteiger charge is 2.26. The van der Waals surface area contributed by atoms with Gasteiger partial charge in [-0.3, -0.25) is 0 Å². The van der Waals surface area contributed by atoms with Gasteiger partial charge in [-0.05, 0) is 19.4 Å². The maximum atomic E-state index is 6.06. The minimum atomic E-state index is -0.318. The van der Waals surface area contributed by atoms with Gasteiger partial charge in [0.1, 0.15) is 0 Å². The largest absolute Gasteiger partial charge is 0.377 e. The van der Waals surface area contributed by atoms with E-state index in [9.17, 15) is 0 Å². The molecule has 13 heavy (non-hydrogen) atoms. The zero-order valence-corrected chi connectivity index (χ0v) is 8.45. The lowest BCUT2D eigenvalue weighted by Crippen LogP contribution is -2.37. The summed E-state index contributed by atoms with van der Waals surface area (Å²) in [4.78, 5) is 0. The third kappa shape index (κ3) is 2.29. The molecule has 1 rings (SSSR count). The van der Waals surface area contributed by atoms with Gasteiger partial charge in [-0.1, -0.05) is 30.3 Å². The van der Waals surface area contributed by atoms with Crippen molar-refractivity contribution < 1.29 is 4.74 Å². The molecule has 0 heterocycles. The summed E-state index contributed by atoms with van der Waals surface area (Å²) in [6.07, 6.45) is 0. The molecule has 1 aromatic carbocycles. The van der Waals surface area contributed by atoms with Crippen LogP contribution in [-0.2, 0) is 4.74 Å². The molecule has 0 aliphatic heterocycles. The first-order valence-corrected chi connectivity index (χ1v) is 4.43. The summed E-state index contributed by atoms with van der Waals surface area (Å²) in [5.74, 6) is 0. The average Bonchev–Trinajstić information content (AvgIpc) is 2.18. The number of rotatable bonds is 3. The number of benzene rings is 1. The van der Waals surface area contributed by atoms with Gasteiger partial charge in [-0.15, -0.1) is 0 Å². The minimum absolute atomic E-state index is 0.0845. The molecule has 0 aromatic heterocycles. The lowest BCUT2D eigenvalue weighted by molar-refractivity contribution is -0.0000293. The Labute approximate surface area is 79.7 Å². The molecule has 0 unspecified atom stereocenters. The topological polar surface area (TPSA) is 35.2 Å². The maximum Gasteiger partial charge on any atom is 0.0814 e. The van der Waals surface area contributed by atoms with Crippen LogP contribution in [0.25, 0.3) is 0 Å². The van der Waals surface area contributed by atoms with Gasteiger partial charge >= 0.3 is 0 Å². The molecular weight excluding hydrogens is 162 g/mol. The van der Waals surface area contributed by atoms with Gasteiger partial charge < -0.3 is 10.5 Å². The summed E-state index contributed by atoms with van der Waals surface area (Å²) in [6, 6.07) is 9.91. The SMILES string of the molecule is COC(C)(C)[C@H](N)c1ccccc1. The molecule has 0 aliphatic rings. The second-order valence-electron chi connectivity index (χ2n) is 3.70. The molecular formula is C11H17NO. The maximum absolute atomic E-state index is 6.06. The van der Waals surface area contributed by atoms with Crippen LogP contribution in [0.2, 0.25) is 0 Å². The van der Waals surface area contributed by atoms with E-state index in [1.165, 1.54) is 0 Å². The van der Waals surface area contributed by atoms with E-state index in [4.69, 9.17) is 10.5 Å². The van der Waals surface area contributed by atoms with Crippen LogP contribution in [-0.4, -0.2) is 12.7 Å². The smallest absolute Gasteiger partial charge is 0.0814 e. The lowest BCUT2D eigenvalue weighted by Gasteiger charge is -2.30. The van der Waals surface area contributed by atoms with Gasteiger partial charge in [-0.25, -0.2) is 0 Å². The van der Waals surface area contributed by atoms with Crippen LogP contribution in [0.15, 0.2) is 30.3 Å². The van der Waals surface area contributed by atoms with Crippen molar-refractivity contribution in [3.8, 4) is 0 Å². The fourth-order valence-corrected chi connectivity index (χ4v) is 1.19. The monoisotopic (exact) mass is 179 g/mol. The van der Waals surface area contributed by atoms with E-state index in [-0.39, 0.29) is 11.6 Å². The first-order valence-electron chi connectivity index (χ1n) is 4.43. The Kier molecular flexibility index (Phi) is 3.07. The van der Waals surface area contributed by atoms with Crippen molar-refractivity contribution in [3.63, 3.8) is 0 Å². The second kappa shape index (κ2) is 3.90. The van der Waals surface area contributed by atoms with Crippen molar-refractivity contribution in [2.75, 3.05) is 7.11 Å². The van der Waals surface area contributed by atoms with Gasteiger partial charge in [0.15, 0.2) is 0 Å². The molecule has 2 heteroatoms. The van der Waals surface area contributed by atoms with Crippen molar-refractivity contribution >= 4 is 0 Å². The van der Waals surface area contributed by atoms with E-state index in [1.54, 1.807) is 7.11 Å². The van der Waals surface area contributed by atoms with Crippen molar-refractivity contribution in [1.29, 1.82) is 0 Å². The molecule has 0 saturated heterocycles. The quantitative estimate of drug-likeness (QED) is 0.771. The molecule has 2 nitrogen and oxygen atoms in total. The summed E-state index contributed by atoms with van der Waals surface area (Å²) in [5.41, 5.74) is 6.85. The zero-order valence-electron chi connectivity index (χ0n) is 8.45. The van der Waals surface area contributed by atoms with E-state index >= 15 is 0 Å². The summed E-state index contributed by atoms with van der Waals surface area (Å²) in [5, 5.41) is 0. The Bertz CT molecular complexity index is 256. The number of methoxy groups -OCH3 is 1. The summed E-state index contributed by atoms with van der Waals surface area (Å²) < 4.78 is 5.33. The van der Waals surface area contributed by atoms with E-state index in [0.29, 0.717) is 0 Å². The Morgan fingerprint density at radius 3 is 2.23 bits per heavy atom. The lowest BCUT2D eigenvalue weighted by atomic mass is 9.93. The van der Waals surface area contributed by atoms with Crippen LogP contribution in [0.4, 0.5) is 0 Å². The van der Waals surface area contributed by atoms with Gasteiger partial charge in [0.05, 0.1) is 11.6 Å². The van der Waals surface area contributed by atoms with Crippen molar-refractivity contribution in [3.05, 3.63) is 35.9 Å². The summed E-state index contributed by atoms with van der Waals surface area (Å²) in [6.45, 7) is 3.98. The molecule has 1 aromatic rings. The predicted molar refractivity (Wildman–Crippen MR) is 54.5 cm³/mol. The molecule has 1 atom stereocenters. The van der Waals surface area contributed by atoms with Gasteiger partial charge in [0, 0.05) is 7.11 Å². The van der Waals surface area contributed by atoms with Crippen LogP contribution >= 0.6 is 0 Å². The van der Waals surface area contributed by atoms with Crippen LogP contribution in [0.5, 0.6) is 0 Å². The standard InChI is InChI=1S/C11H17NO/c1-11(2,13-3)10(12)9-7-5-4-6-8-9/h4-8,10H,12H2,1-3H3/t10-/m1/s1. The fraction of sp³-hybridized carbons (Fsp3) is 0.455. The number of nitrogens with two attached hydrogens (primary N) is 1. The molecule has 0 fully saturated rings. The first kappa shape index (κ1) is 10.2. The van der Waals surface area contributed by atoms with Crippen molar-refractivity contribution in [2.45, 2.75) is 25.5 Å². The molecule has 0 bridgehead atoms. The van der Waals surface area contributed by atoms with Crippen LogP contribution in [0.1, 0.15) is 25.5 Å². The molecule has 0 radical (unpaired) electrons. The first-order chi connectivity index (χ1) is 6.08. The minimum Gasteiger partial charge on any atom is -0.377 e.